The summed E-state index contributed by atoms with van der Waals surface area (Å²) in [4.78, 5) is 41.3. The van der Waals surface area contributed by atoms with E-state index in [1.54, 1.807) is 0 Å². The summed E-state index contributed by atoms with van der Waals surface area (Å²) in [5.74, 6) is 6.98. The maximum atomic E-state index is 13.8. The van der Waals surface area contributed by atoms with E-state index in [1.165, 1.54) is 18.4 Å². The number of ketones is 1. The molecule has 0 saturated heterocycles. The fraction of sp³-hybridized carbons (Fsp3) is 0.640. The third-order valence-corrected chi connectivity index (χ3v) is 7.33. The van der Waals surface area contributed by atoms with Crippen LogP contribution in [0, 0.1) is 29.6 Å². The van der Waals surface area contributed by atoms with E-state index in [2.05, 4.69) is 18.8 Å². The average Bonchev–Trinajstić information content (AvgIpc) is 3.17. The largest absolute Gasteiger partial charge is 0.465 e. The molecule has 0 N–H and O–H groups in total. The van der Waals surface area contributed by atoms with E-state index in [4.69, 9.17) is 4.74 Å². The first kappa shape index (κ1) is 23.5. The Hall–Kier alpha value is -2.13. The summed E-state index contributed by atoms with van der Waals surface area (Å²) < 4.78 is 5.04. The number of hydrogen-bond donors (Lipinski definition) is 0. The lowest BCUT2D eigenvalue weighted by molar-refractivity contribution is -0.125. The Morgan fingerprint density at radius 2 is 1.77 bits per heavy atom. The maximum Gasteiger partial charge on any atom is 0.350 e. The molecule has 0 spiro atoms. The van der Waals surface area contributed by atoms with E-state index in [1.807, 2.05) is 24.8 Å². The molecule has 2 fully saturated rings. The summed E-state index contributed by atoms with van der Waals surface area (Å²) in [6, 6.07) is 1.79. The van der Waals surface area contributed by atoms with Gasteiger partial charge < -0.3 is 9.64 Å². The number of amides is 1. The highest BCUT2D eigenvalue weighted by Gasteiger charge is 2.37. The topological polar surface area (TPSA) is 63.7 Å². The molecular formula is C25H33NO4S. The number of carbonyl (C=O) groups excluding carboxylic acids is 3. The molecule has 2 saturated carbocycles. The molecule has 1 heterocycles. The zero-order valence-corrected chi connectivity index (χ0v) is 19.8. The van der Waals surface area contributed by atoms with Crippen molar-refractivity contribution in [3.8, 4) is 11.8 Å². The second kappa shape index (κ2) is 10.5. The minimum Gasteiger partial charge on any atom is -0.465 e. The average molecular weight is 444 g/mol. The molecular weight excluding hydrogens is 410 g/mol. The molecule has 0 atom stereocenters. The number of anilines is 1. The van der Waals surface area contributed by atoms with Crippen molar-refractivity contribution in [3.05, 3.63) is 15.8 Å². The van der Waals surface area contributed by atoms with Crippen LogP contribution >= 0.6 is 11.3 Å². The Morgan fingerprint density at radius 1 is 1.13 bits per heavy atom. The zero-order chi connectivity index (χ0) is 22.5. The first-order valence-electron chi connectivity index (χ1n) is 11.4. The summed E-state index contributed by atoms with van der Waals surface area (Å²) in [5, 5.41) is 0. The summed E-state index contributed by atoms with van der Waals surface area (Å²) >= 11 is 1.28. The Kier molecular flexibility index (Phi) is 7.94. The third kappa shape index (κ3) is 5.77. The molecule has 2 aliphatic carbocycles. The third-order valence-electron chi connectivity index (χ3n) is 6.31. The molecule has 0 aromatic carbocycles. The molecule has 3 rings (SSSR count). The zero-order valence-electron chi connectivity index (χ0n) is 19.0. The quantitative estimate of drug-likeness (QED) is 0.473. The monoisotopic (exact) mass is 443 g/mol. The van der Waals surface area contributed by atoms with Gasteiger partial charge >= 0.3 is 5.97 Å². The molecule has 0 unspecified atom stereocenters. The van der Waals surface area contributed by atoms with Gasteiger partial charge in [-0.25, -0.2) is 4.79 Å². The standard InChI is InChI=1S/C25H33NO4S/c1-16(2)5-14-21-15-22(23(31-21)25(29)30-4)26(19-10-12-20(27)13-11-19)24(28)18-8-6-17(3)7-9-18/h15-19H,6-13H2,1-4H3. The Bertz CT molecular complexity index is 873. The van der Waals surface area contributed by atoms with Gasteiger partial charge in [0, 0.05) is 30.7 Å². The van der Waals surface area contributed by atoms with Crippen LogP contribution < -0.4 is 4.90 Å². The van der Waals surface area contributed by atoms with Crippen LogP contribution in [-0.2, 0) is 14.3 Å². The fourth-order valence-electron chi connectivity index (χ4n) is 4.46. The van der Waals surface area contributed by atoms with Crippen molar-refractivity contribution in [3.63, 3.8) is 0 Å². The van der Waals surface area contributed by atoms with Crippen LogP contribution in [0.15, 0.2) is 6.07 Å². The highest BCUT2D eigenvalue weighted by atomic mass is 32.1. The van der Waals surface area contributed by atoms with Gasteiger partial charge in [-0.15, -0.1) is 11.3 Å². The molecule has 168 valence electrons. The molecule has 0 radical (unpaired) electrons. The van der Waals surface area contributed by atoms with Gasteiger partial charge in [-0.3, -0.25) is 9.59 Å². The molecule has 0 aliphatic heterocycles. The maximum absolute atomic E-state index is 13.8. The van der Waals surface area contributed by atoms with E-state index in [-0.39, 0.29) is 29.6 Å². The molecule has 6 heteroatoms. The highest BCUT2D eigenvalue weighted by molar-refractivity contribution is 7.15. The van der Waals surface area contributed by atoms with Crippen molar-refractivity contribution in [1.29, 1.82) is 0 Å². The number of thiophene rings is 1. The molecule has 31 heavy (non-hydrogen) atoms. The second-order valence-electron chi connectivity index (χ2n) is 9.18. The number of ether oxygens (including phenoxy) is 1. The smallest absolute Gasteiger partial charge is 0.350 e. The minimum absolute atomic E-state index is 0.0376. The number of carbonyl (C=O) groups is 3. The lowest BCUT2D eigenvalue weighted by atomic mass is 9.81. The lowest BCUT2D eigenvalue weighted by Crippen LogP contribution is -2.46. The molecule has 0 bridgehead atoms. The van der Waals surface area contributed by atoms with Crippen LogP contribution in [0.4, 0.5) is 5.69 Å². The number of methoxy groups -OCH3 is 1. The normalized spacial score (nSPS) is 22.0. The van der Waals surface area contributed by atoms with Crippen LogP contribution in [0.5, 0.6) is 0 Å². The van der Waals surface area contributed by atoms with Gasteiger partial charge in [-0.05, 0) is 50.5 Å². The van der Waals surface area contributed by atoms with Crippen molar-refractivity contribution >= 4 is 34.7 Å². The summed E-state index contributed by atoms with van der Waals surface area (Å²) in [5.41, 5.74) is 0.605. The van der Waals surface area contributed by atoms with Crippen molar-refractivity contribution in [2.45, 2.75) is 78.2 Å². The van der Waals surface area contributed by atoms with Crippen molar-refractivity contribution in [2.75, 3.05) is 12.0 Å². The molecule has 1 aromatic heterocycles. The lowest BCUT2D eigenvalue weighted by Gasteiger charge is -2.37. The van der Waals surface area contributed by atoms with Gasteiger partial charge in [0.15, 0.2) is 0 Å². The summed E-state index contributed by atoms with van der Waals surface area (Å²) in [6.45, 7) is 6.27. The highest BCUT2D eigenvalue weighted by Crippen LogP contribution is 2.38. The van der Waals surface area contributed by atoms with Crippen LogP contribution in [0.1, 0.15) is 86.7 Å². The first-order valence-corrected chi connectivity index (χ1v) is 12.2. The number of esters is 1. The van der Waals surface area contributed by atoms with E-state index in [0.717, 1.165) is 30.6 Å². The fourth-order valence-corrected chi connectivity index (χ4v) is 5.39. The number of Topliss-reactive ketones (excluding diaryl/α,β-unsaturated/α-hetero) is 1. The van der Waals surface area contributed by atoms with Crippen LogP contribution in [-0.4, -0.2) is 30.8 Å². The Morgan fingerprint density at radius 3 is 2.35 bits per heavy atom. The SMILES string of the molecule is COC(=O)c1sc(C#CC(C)C)cc1N(C(=O)C1CCC(C)CC1)C1CCC(=O)CC1. The molecule has 5 nitrogen and oxygen atoms in total. The summed E-state index contributed by atoms with van der Waals surface area (Å²) in [6.07, 6.45) is 6.08. The molecule has 1 amide bonds. The van der Waals surface area contributed by atoms with E-state index >= 15 is 0 Å². The van der Waals surface area contributed by atoms with Gasteiger partial charge in [-0.1, -0.05) is 32.6 Å². The Balaban J connectivity index is 2.01. The predicted octanol–water partition coefficient (Wildman–Crippen LogP) is 5.21. The van der Waals surface area contributed by atoms with Gasteiger partial charge in [0.2, 0.25) is 5.91 Å². The molecule has 2 aliphatic rings. The van der Waals surface area contributed by atoms with Crippen molar-refractivity contribution in [2.24, 2.45) is 17.8 Å². The summed E-state index contributed by atoms with van der Waals surface area (Å²) in [7, 11) is 1.36. The number of hydrogen-bond acceptors (Lipinski definition) is 5. The molecule has 1 aromatic rings. The second-order valence-corrected chi connectivity index (χ2v) is 10.2. The van der Waals surface area contributed by atoms with E-state index < -0.39 is 5.97 Å². The predicted molar refractivity (Wildman–Crippen MR) is 123 cm³/mol. The van der Waals surface area contributed by atoms with Gasteiger partial charge in [-0.2, -0.15) is 0 Å². The van der Waals surface area contributed by atoms with Crippen LogP contribution in [0.2, 0.25) is 0 Å². The van der Waals surface area contributed by atoms with Crippen LogP contribution in [0.25, 0.3) is 0 Å². The van der Waals surface area contributed by atoms with Crippen molar-refractivity contribution in [1.82, 2.24) is 0 Å². The number of rotatable bonds is 4. The first-order chi connectivity index (χ1) is 14.8. The minimum atomic E-state index is -0.445. The van der Waals surface area contributed by atoms with E-state index in [0.29, 0.717) is 42.2 Å². The number of nitrogens with zero attached hydrogens (tertiary/aromatic N) is 1. The van der Waals surface area contributed by atoms with E-state index in [9.17, 15) is 14.4 Å². The van der Waals surface area contributed by atoms with Crippen LogP contribution in [0.3, 0.4) is 0 Å². The van der Waals surface area contributed by atoms with Gasteiger partial charge in [0.25, 0.3) is 0 Å². The van der Waals surface area contributed by atoms with Gasteiger partial charge in [0.1, 0.15) is 10.7 Å². The van der Waals surface area contributed by atoms with Gasteiger partial charge in [0.05, 0.1) is 17.7 Å². The van der Waals surface area contributed by atoms with Crippen molar-refractivity contribution < 1.29 is 19.1 Å². The Labute approximate surface area is 189 Å².